The molecule has 25 heavy (non-hydrogen) atoms. The molecular weight excluding hydrogens is 474 g/mol. The first-order chi connectivity index (χ1) is 11.6. The Hall–Kier alpha value is -0.930. The van der Waals surface area contributed by atoms with Crippen molar-refractivity contribution in [3.05, 3.63) is 50.7 Å². The highest BCUT2D eigenvalue weighted by Crippen LogP contribution is 2.17. The first kappa shape index (κ1) is 22.1. The standard InChI is InChI=1S/C17H22ClFN4S.HI/c1-3-14-11-23-16(24-14)7-9-22-17(20-2)21-8-6-12-4-5-13(19)10-15(12)18;/h4-5,10-11H,3,6-9H2,1-2H3,(H2,20,21,22);1H. The summed E-state index contributed by atoms with van der Waals surface area (Å²) >= 11 is 7.78. The molecule has 0 bridgehead atoms. The van der Waals surface area contributed by atoms with Crippen molar-refractivity contribution in [3.8, 4) is 0 Å². The third-order valence-corrected chi connectivity index (χ3v) is 5.06. The highest BCUT2D eigenvalue weighted by atomic mass is 127. The number of nitrogens with one attached hydrogen (secondary N) is 2. The Balaban J connectivity index is 0.00000312. The number of aliphatic imine (C=N–C) groups is 1. The van der Waals surface area contributed by atoms with E-state index in [-0.39, 0.29) is 29.8 Å². The van der Waals surface area contributed by atoms with Crippen LogP contribution in [-0.2, 0) is 19.3 Å². The van der Waals surface area contributed by atoms with E-state index < -0.39 is 0 Å². The van der Waals surface area contributed by atoms with E-state index in [9.17, 15) is 4.39 Å². The van der Waals surface area contributed by atoms with Gasteiger partial charge < -0.3 is 10.6 Å². The fourth-order valence-electron chi connectivity index (χ4n) is 2.18. The van der Waals surface area contributed by atoms with Crippen LogP contribution in [0.25, 0.3) is 0 Å². The lowest BCUT2D eigenvalue weighted by Crippen LogP contribution is -2.39. The lowest BCUT2D eigenvalue weighted by atomic mass is 10.1. The smallest absolute Gasteiger partial charge is 0.191 e. The minimum absolute atomic E-state index is 0. The average Bonchev–Trinajstić information content (AvgIpc) is 3.03. The Morgan fingerprint density at radius 1 is 1.28 bits per heavy atom. The normalized spacial score (nSPS) is 11.1. The molecule has 0 radical (unpaired) electrons. The number of hydrogen-bond donors (Lipinski definition) is 2. The van der Waals surface area contributed by atoms with Gasteiger partial charge in [0.2, 0.25) is 0 Å². The van der Waals surface area contributed by atoms with Gasteiger partial charge in [0.05, 0.1) is 5.01 Å². The number of aromatic nitrogens is 1. The summed E-state index contributed by atoms with van der Waals surface area (Å²) in [5.74, 6) is 0.420. The van der Waals surface area contributed by atoms with Gasteiger partial charge in [-0.2, -0.15) is 0 Å². The summed E-state index contributed by atoms with van der Waals surface area (Å²) < 4.78 is 13.0. The second kappa shape index (κ2) is 11.6. The number of rotatable bonds is 7. The number of guanidine groups is 1. The van der Waals surface area contributed by atoms with Gasteiger partial charge in [-0.15, -0.1) is 35.3 Å². The Morgan fingerprint density at radius 2 is 2.00 bits per heavy atom. The Kier molecular flexibility index (Phi) is 10.3. The first-order valence-corrected chi connectivity index (χ1v) is 9.13. The molecule has 2 aromatic rings. The molecule has 0 aliphatic rings. The molecule has 1 heterocycles. The van der Waals surface area contributed by atoms with Crippen molar-refractivity contribution in [2.75, 3.05) is 20.1 Å². The molecule has 138 valence electrons. The molecule has 0 amide bonds. The lowest BCUT2D eigenvalue weighted by Gasteiger charge is -2.12. The second-order valence-electron chi connectivity index (χ2n) is 5.24. The third kappa shape index (κ3) is 7.45. The van der Waals surface area contributed by atoms with E-state index in [0.29, 0.717) is 18.0 Å². The van der Waals surface area contributed by atoms with E-state index in [1.165, 1.54) is 17.0 Å². The van der Waals surface area contributed by atoms with E-state index in [0.717, 1.165) is 35.9 Å². The topological polar surface area (TPSA) is 49.3 Å². The van der Waals surface area contributed by atoms with Crippen molar-refractivity contribution < 1.29 is 4.39 Å². The van der Waals surface area contributed by atoms with Crippen LogP contribution in [-0.4, -0.2) is 31.1 Å². The molecule has 2 rings (SSSR count). The average molecular weight is 497 g/mol. The van der Waals surface area contributed by atoms with Crippen LogP contribution >= 0.6 is 46.9 Å². The maximum atomic E-state index is 13.0. The second-order valence-corrected chi connectivity index (χ2v) is 6.84. The molecule has 0 aliphatic carbocycles. The van der Waals surface area contributed by atoms with E-state index in [4.69, 9.17) is 11.6 Å². The molecular formula is C17H23ClFIN4S. The molecule has 0 spiro atoms. The van der Waals surface area contributed by atoms with Gasteiger partial charge in [0.1, 0.15) is 5.82 Å². The van der Waals surface area contributed by atoms with Gasteiger partial charge in [-0.05, 0) is 30.5 Å². The summed E-state index contributed by atoms with van der Waals surface area (Å²) in [7, 11) is 1.73. The predicted octanol–water partition coefficient (Wildman–Crippen LogP) is 4.07. The number of nitrogens with zero attached hydrogens (tertiary/aromatic N) is 2. The van der Waals surface area contributed by atoms with Crippen molar-refractivity contribution in [1.29, 1.82) is 0 Å². The quantitative estimate of drug-likeness (QED) is 0.345. The van der Waals surface area contributed by atoms with Crippen LogP contribution in [0.4, 0.5) is 4.39 Å². The van der Waals surface area contributed by atoms with Crippen molar-refractivity contribution in [2.24, 2.45) is 4.99 Å². The molecule has 1 aromatic carbocycles. The first-order valence-electron chi connectivity index (χ1n) is 7.94. The number of thiazole rings is 1. The maximum Gasteiger partial charge on any atom is 0.191 e. The predicted molar refractivity (Wildman–Crippen MR) is 115 cm³/mol. The number of hydrogen-bond acceptors (Lipinski definition) is 3. The number of benzene rings is 1. The van der Waals surface area contributed by atoms with Gasteiger partial charge >= 0.3 is 0 Å². The highest BCUT2D eigenvalue weighted by Gasteiger charge is 2.04. The van der Waals surface area contributed by atoms with Crippen LogP contribution in [0.15, 0.2) is 29.4 Å². The third-order valence-electron chi connectivity index (χ3n) is 3.51. The summed E-state index contributed by atoms with van der Waals surface area (Å²) in [6, 6.07) is 4.47. The minimum Gasteiger partial charge on any atom is -0.356 e. The zero-order chi connectivity index (χ0) is 17.4. The summed E-state index contributed by atoms with van der Waals surface area (Å²) in [4.78, 5) is 9.90. The minimum atomic E-state index is -0.317. The number of halogens is 3. The van der Waals surface area contributed by atoms with Crippen LogP contribution in [0.2, 0.25) is 5.02 Å². The molecule has 8 heteroatoms. The molecule has 0 saturated heterocycles. The molecule has 0 saturated carbocycles. The molecule has 0 fully saturated rings. The SMILES string of the molecule is CCc1cnc(CCNC(=NC)NCCc2ccc(F)cc2Cl)s1.I. The van der Waals surface area contributed by atoms with Gasteiger partial charge in [0, 0.05) is 42.7 Å². The van der Waals surface area contributed by atoms with E-state index in [1.54, 1.807) is 24.5 Å². The molecule has 0 aliphatic heterocycles. The van der Waals surface area contributed by atoms with Crippen LogP contribution < -0.4 is 10.6 Å². The molecule has 1 aromatic heterocycles. The Bertz CT molecular complexity index is 693. The fraction of sp³-hybridized carbons (Fsp3) is 0.412. The lowest BCUT2D eigenvalue weighted by molar-refractivity contribution is 0.627. The molecule has 2 N–H and O–H groups in total. The summed E-state index contributed by atoms with van der Waals surface area (Å²) in [5, 5.41) is 8.09. The van der Waals surface area contributed by atoms with Gasteiger partial charge in [0.25, 0.3) is 0 Å². The van der Waals surface area contributed by atoms with Crippen molar-refractivity contribution in [3.63, 3.8) is 0 Å². The van der Waals surface area contributed by atoms with E-state index >= 15 is 0 Å². The van der Waals surface area contributed by atoms with Crippen LogP contribution in [0, 0.1) is 5.82 Å². The van der Waals surface area contributed by atoms with E-state index in [1.807, 2.05) is 6.20 Å². The van der Waals surface area contributed by atoms with Gasteiger partial charge in [-0.25, -0.2) is 9.37 Å². The van der Waals surface area contributed by atoms with E-state index in [2.05, 4.69) is 27.5 Å². The summed E-state index contributed by atoms with van der Waals surface area (Å²) in [5.41, 5.74) is 0.913. The zero-order valence-corrected chi connectivity index (χ0v) is 18.2. The Labute approximate surface area is 174 Å². The largest absolute Gasteiger partial charge is 0.356 e. The fourth-order valence-corrected chi connectivity index (χ4v) is 3.30. The van der Waals surface area contributed by atoms with Crippen molar-refractivity contribution in [2.45, 2.75) is 26.2 Å². The monoisotopic (exact) mass is 496 g/mol. The highest BCUT2D eigenvalue weighted by molar-refractivity contribution is 14.0. The van der Waals surface area contributed by atoms with Crippen LogP contribution in [0.1, 0.15) is 22.4 Å². The maximum absolute atomic E-state index is 13.0. The molecule has 0 unspecified atom stereocenters. The van der Waals surface area contributed by atoms with Gasteiger partial charge in [-0.1, -0.05) is 24.6 Å². The molecule has 0 atom stereocenters. The summed E-state index contributed by atoms with van der Waals surface area (Å²) in [6.45, 7) is 3.57. The van der Waals surface area contributed by atoms with Gasteiger partial charge in [-0.3, -0.25) is 4.99 Å². The summed E-state index contributed by atoms with van der Waals surface area (Å²) in [6.07, 6.45) is 4.54. The van der Waals surface area contributed by atoms with Crippen LogP contribution in [0.5, 0.6) is 0 Å². The van der Waals surface area contributed by atoms with Crippen molar-refractivity contribution >= 4 is 52.9 Å². The van der Waals surface area contributed by atoms with Crippen LogP contribution in [0.3, 0.4) is 0 Å². The van der Waals surface area contributed by atoms with Gasteiger partial charge in [0.15, 0.2) is 5.96 Å². The zero-order valence-electron chi connectivity index (χ0n) is 14.3. The molecule has 4 nitrogen and oxygen atoms in total. The van der Waals surface area contributed by atoms with Crippen molar-refractivity contribution in [1.82, 2.24) is 15.6 Å². The number of aryl methyl sites for hydroxylation is 1. The Morgan fingerprint density at radius 3 is 2.60 bits per heavy atom.